The zero-order valence-corrected chi connectivity index (χ0v) is 44.9. The van der Waals surface area contributed by atoms with Crippen molar-refractivity contribution in [2.75, 3.05) is 0 Å². The maximum Gasteiger partial charge on any atom is 0.295 e. The van der Waals surface area contributed by atoms with Crippen molar-refractivity contribution in [3.05, 3.63) is 108 Å². The van der Waals surface area contributed by atoms with E-state index in [9.17, 15) is 51.9 Å². The first-order valence-electron chi connectivity index (χ1n) is 16.0. The number of azo groups is 2. The molecule has 0 saturated carbocycles. The summed E-state index contributed by atoms with van der Waals surface area (Å²) >= 11 is 5.91. The van der Waals surface area contributed by atoms with E-state index in [1.165, 1.54) is 48.5 Å². The van der Waals surface area contributed by atoms with Gasteiger partial charge in [-0.15, -0.1) is 15.3 Å². The molecule has 0 amide bonds. The third-order valence-electron chi connectivity index (χ3n) is 8.37. The molecule has 0 spiro atoms. The predicted molar refractivity (Wildman–Crippen MR) is 231 cm³/mol. The van der Waals surface area contributed by atoms with Crippen LogP contribution in [0.3, 0.4) is 0 Å². The van der Waals surface area contributed by atoms with Gasteiger partial charge in [-0.3, -0.25) is 28.6 Å². The first-order chi connectivity index (χ1) is 27.6. The zero-order chi connectivity index (χ0) is 42.7. The molecule has 21 nitrogen and oxygen atoms in total. The Balaban J connectivity index is 0.00000264. The fourth-order valence-electron chi connectivity index (χ4n) is 5.96. The molecule has 6 aromatic carbocycles. The van der Waals surface area contributed by atoms with E-state index in [-0.39, 0.29) is 196 Å². The molecule has 7 aromatic rings. The van der Waals surface area contributed by atoms with Crippen LogP contribution in [-0.4, -0.2) is 185 Å². The fraction of sp³-hybridized carbons (Fsp3) is 0. The summed E-state index contributed by atoms with van der Waals surface area (Å²) < 4.78 is 138. The molecule has 63 heavy (non-hydrogen) atoms. The molecule has 1 aromatic heterocycles. The van der Waals surface area contributed by atoms with Gasteiger partial charge >= 0.3 is 0 Å². The number of H-pyrrole nitrogens is 2. The molecule has 306 valence electrons. The number of fused-ring (bicyclic) bond motifs is 3. The molecule has 0 aliphatic rings. The van der Waals surface area contributed by atoms with E-state index in [0.717, 1.165) is 42.5 Å². The fourth-order valence-corrected chi connectivity index (χ4v) is 8.79. The van der Waals surface area contributed by atoms with Crippen LogP contribution in [0.25, 0.3) is 32.3 Å². The number of aromatic amines is 2. The molecule has 7 N–H and O–H groups in total. The molecule has 0 aliphatic carbocycles. The third kappa shape index (κ3) is 12.4. The molecule has 0 fully saturated rings. The van der Waals surface area contributed by atoms with E-state index in [1.807, 2.05) is 0 Å². The van der Waals surface area contributed by atoms with Gasteiger partial charge < -0.3 is 4.98 Å². The number of hydrogen-bond acceptors (Lipinski definition) is 15. The number of nitrogens with one attached hydrogen (secondary N) is 3. The van der Waals surface area contributed by atoms with Gasteiger partial charge in [0.1, 0.15) is 14.7 Å². The van der Waals surface area contributed by atoms with Gasteiger partial charge in [0, 0.05) is 151 Å². The van der Waals surface area contributed by atoms with Crippen molar-refractivity contribution in [2.24, 2.45) is 25.4 Å². The van der Waals surface area contributed by atoms with E-state index in [2.05, 4.69) is 40.4 Å². The Kier molecular flexibility index (Phi) is 18.6. The van der Waals surface area contributed by atoms with Crippen molar-refractivity contribution in [1.82, 2.24) is 15.0 Å². The summed E-state index contributed by atoms with van der Waals surface area (Å²) in [5.41, 5.74) is -0.740. The van der Waals surface area contributed by atoms with Gasteiger partial charge in [0.25, 0.3) is 40.5 Å². The molecule has 30 heteroatoms. The van der Waals surface area contributed by atoms with Crippen LogP contribution in [-0.2, 0) is 40.5 Å². The van der Waals surface area contributed by atoms with Crippen LogP contribution in [0, 0.1) is 5.41 Å². The van der Waals surface area contributed by atoms with Gasteiger partial charge in [-0.1, -0.05) is 30.3 Å². The maximum absolute atomic E-state index is 12.5. The Morgan fingerprint density at radius 3 is 1.60 bits per heavy atom. The molecule has 7 rings (SSSR count). The van der Waals surface area contributed by atoms with E-state index >= 15 is 0 Å². The summed E-state index contributed by atoms with van der Waals surface area (Å²) in [5, 5.41) is 23.9. The molecule has 0 unspecified atom stereocenters. The molecule has 0 atom stereocenters. The summed E-state index contributed by atoms with van der Waals surface area (Å²) in [6.45, 7) is 0. The van der Waals surface area contributed by atoms with Crippen LogP contribution < -0.4 is 11.2 Å². The second kappa shape index (κ2) is 21.2. The third-order valence-corrected chi connectivity index (χ3v) is 12.1. The Morgan fingerprint density at radius 1 is 0.508 bits per heavy atom. The van der Waals surface area contributed by atoms with Crippen LogP contribution in [0.2, 0.25) is 5.28 Å². The van der Waals surface area contributed by atoms with Gasteiger partial charge in [-0.2, -0.15) is 43.8 Å². The summed E-state index contributed by atoms with van der Waals surface area (Å²) in [6, 6.07) is 18.0. The van der Waals surface area contributed by atoms with Gasteiger partial charge in [0.05, 0.1) is 33.3 Å². The quantitative estimate of drug-likeness (QED) is 0.0578. The topological polar surface area (TPSA) is 348 Å². The Labute approximate surface area is 449 Å². The SMILES string of the molecule is N=c1nc(Cl)[nH]c(=Nc2ccc(N=Nc3ccc(N=Nc4cc(S(=O)(=O)O)c5cccc(S(=O)(=O)O)c5c4)c4cc(S(=O)(=O)O)ccc34)c3cccc(S(=O)(=O)O)c23)[nH]1.[Na].[Na].[Na].[Na]. The second-order valence-electron chi connectivity index (χ2n) is 12.2. The number of nitrogens with zero attached hydrogens (tertiary/aromatic N) is 6. The van der Waals surface area contributed by atoms with E-state index in [4.69, 9.17) is 17.0 Å². The standard InChI is InChI=1S/C33H22ClN9O12S4.4Na/c34-31-37-32(35)39-33(38-31)36-26-12-11-24(20-4-2-6-28(30(20)26)58(50,51)52)43-42-23-9-10-25(21-15-17(56(44,45)46)7-8-18(21)23)41-40-16-13-22-19(29(14-16)59(53,54)55)3-1-5-27(22)57(47,48)49;;;;/h1-15H,(H,44,45,46)(H,47,48,49)(H,50,51,52)(H,53,54,55)(H3,35,36,37,38,39);;;;. The number of aromatic nitrogens is 3. The molecular formula is C33H22ClN9Na4O12S4. The van der Waals surface area contributed by atoms with Crippen molar-refractivity contribution in [2.45, 2.75) is 19.6 Å². The maximum atomic E-state index is 12.5. The summed E-state index contributed by atoms with van der Waals surface area (Å²) in [4.78, 5) is 10.5. The van der Waals surface area contributed by atoms with Gasteiger partial charge in [-0.25, -0.2) is 4.99 Å². The van der Waals surface area contributed by atoms with E-state index in [0.29, 0.717) is 0 Å². The van der Waals surface area contributed by atoms with Crippen LogP contribution in [0.15, 0.2) is 136 Å². The van der Waals surface area contributed by atoms with Crippen LogP contribution in [0.1, 0.15) is 0 Å². The smallest absolute Gasteiger partial charge is 0.295 e. The minimum atomic E-state index is -4.99. The number of hydrogen-bond donors (Lipinski definition) is 7. The van der Waals surface area contributed by atoms with Crippen molar-refractivity contribution in [1.29, 1.82) is 5.41 Å². The van der Waals surface area contributed by atoms with Gasteiger partial charge in [0.15, 0.2) is 0 Å². The van der Waals surface area contributed by atoms with Crippen molar-refractivity contribution in [3.63, 3.8) is 0 Å². The summed E-state index contributed by atoms with van der Waals surface area (Å²) in [7, 11) is -19.5. The van der Waals surface area contributed by atoms with Crippen LogP contribution in [0.4, 0.5) is 28.4 Å². The molecule has 0 aliphatic heterocycles. The molecular weight excluding hydrogens is 970 g/mol. The molecule has 1 heterocycles. The number of halogens is 1. The Morgan fingerprint density at radius 2 is 1.03 bits per heavy atom. The van der Waals surface area contributed by atoms with Crippen LogP contribution in [0.5, 0.6) is 0 Å². The second-order valence-corrected chi connectivity index (χ2v) is 18.1. The monoisotopic (exact) mass is 991 g/mol. The largest absolute Gasteiger partial charge is 0.300 e. The zero-order valence-electron chi connectivity index (χ0n) is 32.9. The van der Waals surface area contributed by atoms with Crippen molar-refractivity contribution in [3.8, 4) is 0 Å². The van der Waals surface area contributed by atoms with Crippen molar-refractivity contribution < 1.29 is 51.9 Å². The number of benzene rings is 6. The summed E-state index contributed by atoms with van der Waals surface area (Å²) in [5.74, 6) is 0. The molecule has 0 saturated heterocycles. The minimum Gasteiger partial charge on any atom is -0.300 e. The molecule has 0 bridgehead atoms. The normalized spacial score (nSPS) is 12.6. The predicted octanol–water partition coefficient (Wildman–Crippen LogP) is 4.86. The van der Waals surface area contributed by atoms with E-state index in [1.54, 1.807) is 0 Å². The number of rotatable bonds is 9. The Hall–Kier alpha value is -2.16. The average Bonchev–Trinajstić information content (AvgIpc) is 3.14. The summed E-state index contributed by atoms with van der Waals surface area (Å²) in [6.07, 6.45) is 0. The van der Waals surface area contributed by atoms with E-state index < -0.39 is 60.1 Å². The van der Waals surface area contributed by atoms with Gasteiger partial charge in [-0.05, 0) is 72.3 Å². The Bertz CT molecular complexity index is 3640. The first kappa shape index (κ1) is 55.2. The minimum absolute atomic E-state index is 0. The van der Waals surface area contributed by atoms with Crippen LogP contribution >= 0.6 is 11.6 Å². The van der Waals surface area contributed by atoms with Crippen molar-refractivity contribution >= 4 is 231 Å². The first-order valence-corrected chi connectivity index (χ1v) is 22.1. The average molecular weight is 992 g/mol. The van der Waals surface area contributed by atoms with Gasteiger partial charge in [0.2, 0.25) is 16.5 Å². The molecule has 4 radical (unpaired) electrons.